The molecule has 1 aliphatic carbocycles. The summed E-state index contributed by atoms with van der Waals surface area (Å²) in [6.45, 7) is 12.5. The monoisotopic (exact) mass is 523 g/mol. The lowest BCUT2D eigenvalue weighted by Gasteiger charge is -2.36. The van der Waals surface area contributed by atoms with E-state index < -0.39 is 8.07 Å². The summed E-state index contributed by atoms with van der Waals surface area (Å²) >= 11 is 0. The van der Waals surface area contributed by atoms with Crippen LogP contribution in [0.2, 0.25) is 19.6 Å². The number of hydrogen-bond acceptors (Lipinski definition) is 4. The van der Waals surface area contributed by atoms with Crippen molar-refractivity contribution in [2.24, 2.45) is 5.73 Å². The lowest BCUT2D eigenvalue weighted by Crippen LogP contribution is -2.49. The van der Waals surface area contributed by atoms with Crippen LogP contribution in [0, 0.1) is 18.4 Å². The van der Waals surface area contributed by atoms with Crippen molar-refractivity contribution >= 4 is 19.9 Å². The molecule has 3 aromatic rings. The van der Waals surface area contributed by atoms with Crippen molar-refractivity contribution in [2.45, 2.75) is 39.0 Å². The van der Waals surface area contributed by atoms with Gasteiger partial charge in [0.15, 0.2) is 0 Å². The highest BCUT2D eigenvalue weighted by molar-refractivity contribution is 6.83. The van der Waals surface area contributed by atoms with E-state index in [4.69, 9.17) is 10.5 Å². The molecular formula is C32H37N3O2Si. The minimum Gasteiger partial charge on any atom is -0.448 e. The maximum absolute atomic E-state index is 13.1. The predicted octanol–water partition coefficient (Wildman–Crippen LogP) is 5.75. The SMILES string of the molecule is Cc1c(C#C[Si](C)(C)C)cc(N2CCN(C(=O)OCC3c4ccccc4-c4ccccc43)CC2)cc1CN. The predicted molar refractivity (Wildman–Crippen MR) is 158 cm³/mol. The summed E-state index contributed by atoms with van der Waals surface area (Å²) < 4.78 is 5.89. The van der Waals surface area contributed by atoms with E-state index in [9.17, 15) is 4.79 Å². The standard InChI is InChI=1S/C32H37N3O2Si/c1-23-24(13-18-38(2,3)4)19-26(20-25(23)21-33)34-14-16-35(17-15-34)32(36)37-22-31-29-11-7-5-9-27(29)28-10-6-8-12-30(28)31/h5-12,19-20,31H,14-17,21-22,33H2,1-4H3. The molecule has 1 amide bonds. The third kappa shape index (κ3) is 5.36. The molecule has 0 unspecified atom stereocenters. The number of fused-ring (bicyclic) bond motifs is 3. The number of rotatable bonds is 4. The second-order valence-corrected chi connectivity index (χ2v) is 16.0. The van der Waals surface area contributed by atoms with Gasteiger partial charge in [0.2, 0.25) is 0 Å². The molecule has 2 aliphatic rings. The molecule has 1 aliphatic heterocycles. The van der Waals surface area contributed by atoms with Gasteiger partial charge in [-0.05, 0) is 52.4 Å². The van der Waals surface area contributed by atoms with Crippen LogP contribution in [0.25, 0.3) is 11.1 Å². The van der Waals surface area contributed by atoms with E-state index in [0.29, 0.717) is 26.2 Å². The number of benzene rings is 3. The molecule has 5 nitrogen and oxygen atoms in total. The Kier molecular flexibility index (Phi) is 7.33. The van der Waals surface area contributed by atoms with Gasteiger partial charge in [-0.25, -0.2) is 4.79 Å². The number of nitrogens with zero attached hydrogens (tertiary/aromatic N) is 2. The first-order valence-electron chi connectivity index (χ1n) is 13.5. The van der Waals surface area contributed by atoms with Crippen LogP contribution in [0.1, 0.15) is 33.7 Å². The molecule has 1 fully saturated rings. The van der Waals surface area contributed by atoms with E-state index in [0.717, 1.165) is 29.9 Å². The number of nitrogens with two attached hydrogens (primary N) is 1. The van der Waals surface area contributed by atoms with E-state index in [1.165, 1.54) is 27.8 Å². The summed E-state index contributed by atoms with van der Waals surface area (Å²) in [5.41, 5.74) is 19.0. The van der Waals surface area contributed by atoms with Crippen LogP contribution in [-0.4, -0.2) is 51.9 Å². The molecular weight excluding hydrogens is 486 g/mol. The van der Waals surface area contributed by atoms with Crippen LogP contribution in [0.3, 0.4) is 0 Å². The van der Waals surface area contributed by atoms with Gasteiger partial charge in [0.1, 0.15) is 14.7 Å². The number of ether oxygens (including phenoxy) is 1. The highest BCUT2D eigenvalue weighted by Crippen LogP contribution is 2.44. The van der Waals surface area contributed by atoms with Gasteiger partial charge in [-0.3, -0.25) is 0 Å². The van der Waals surface area contributed by atoms with Gasteiger partial charge in [0.05, 0.1) is 0 Å². The molecule has 0 spiro atoms. The van der Waals surface area contributed by atoms with Crippen LogP contribution >= 0.6 is 0 Å². The van der Waals surface area contributed by atoms with Crippen LogP contribution in [0.4, 0.5) is 10.5 Å². The Labute approximate surface area is 227 Å². The lowest BCUT2D eigenvalue weighted by molar-refractivity contribution is 0.0977. The van der Waals surface area contributed by atoms with Gasteiger partial charge in [-0.1, -0.05) is 74.1 Å². The van der Waals surface area contributed by atoms with E-state index in [2.05, 4.69) is 104 Å². The molecule has 5 rings (SSSR count). The van der Waals surface area contributed by atoms with Crippen molar-refractivity contribution in [3.63, 3.8) is 0 Å². The fourth-order valence-electron chi connectivity index (χ4n) is 5.37. The average molecular weight is 524 g/mol. The minimum absolute atomic E-state index is 0.0746. The van der Waals surface area contributed by atoms with E-state index in [-0.39, 0.29) is 12.0 Å². The summed E-state index contributed by atoms with van der Waals surface area (Å²) in [4.78, 5) is 17.2. The van der Waals surface area contributed by atoms with Gasteiger partial charge in [-0.15, -0.1) is 5.54 Å². The van der Waals surface area contributed by atoms with Crippen molar-refractivity contribution in [1.29, 1.82) is 0 Å². The summed E-state index contributed by atoms with van der Waals surface area (Å²) in [5, 5.41) is 0. The van der Waals surface area contributed by atoms with Crippen LogP contribution in [0.5, 0.6) is 0 Å². The van der Waals surface area contributed by atoms with Crippen molar-refractivity contribution in [3.8, 4) is 22.6 Å². The second kappa shape index (κ2) is 10.7. The third-order valence-corrected chi connectivity index (χ3v) is 8.41. The molecule has 0 saturated carbocycles. The Morgan fingerprint density at radius 1 is 0.974 bits per heavy atom. The first kappa shape index (κ1) is 26.1. The van der Waals surface area contributed by atoms with Crippen LogP contribution in [-0.2, 0) is 11.3 Å². The molecule has 196 valence electrons. The highest BCUT2D eigenvalue weighted by Gasteiger charge is 2.30. The van der Waals surface area contributed by atoms with Gasteiger partial charge >= 0.3 is 6.09 Å². The zero-order chi connectivity index (χ0) is 26.9. The number of hydrogen-bond donors (Lipinski definition) is 1. The van der Waals surface area contributed by atoms with Gasteiger partial charge in [0, 0.05) is 49.9 Å². The second-order valence-electron chi connectivity index (χ2n) is 11.3. The molecule has 2 N–H and O–H groups in total. The van der Waals surface area contributed by atoms with Crippen molar-refractivity contribution in [1.82, 2.24) is 4.90 Å². The minimum atomic E-state index is -1.49. The molecule has 38 heavy (non-hydrogen) atoms. The third-order valence-electron chi connectivity index (χ3n) is 7.53. The quantitative estimate of drug-likeness (QED) is 0.349. The largest absolute Gasteiger partial charge is 0.448 e. The normalized spacial score (nSPS) is 15.0. The van der Waals surface area contributed by atoms with Crippen LogP contribution in [0.15, 0.2) is 60.7 Å². The molecule has 0 radical (unpaired) electrons. The Hall–Kier alpha value is -3.53. The Morgan fingerprint density at radius 2 is 1.58 bits per heavy atom. The van der Waals surface area contributed by atoms with Crippen molar-refractivity contribution < 1.29 is 9.53 Å². The van der Waals surface area contributed by atoms with Gasteiger partial charge < -0.3 is 20.3 Å². The van der Waals surface area contributed by atoms with Crippen molar-refractivity contribution in [2.75, 3.05) is 37.7 Å². The molecule has 0 aromatic heterocycles. The summed E-state index contributed by atoms with van der Waals surface area (Å²) in [5.74, 6) is 3.51. The molecule has 6 heteroatoms. The summed E-state index contributed by atoms with van der Waals surface area (Å²) in [6, 6.07) is 21.2. The average Bonchev–Trinajstić information content (AvgIpc) is 3.24. The summed E-state index contributed by atoms with van der Waals surface area (Å²) in [6.07, 6.45) is -0.236. The number of anilines is 1. The number of piperazine rings is 1. The fourth-order valence-corrected chi connectivity index (χ4v) is 5.88. The van der Waals surface area contributed by atoms with E-state index in [1.54, 1.807) is 0 Å². The molecule has 1 saturated heterocycles. The zero-order valence-corrected chi connectivity index (χ0v) is 23.9. The lowest BCUT2D eigenvalue weighted by atomic mass is 9.98. The van der Waals surface area contributed by atoms with Crippen LogP contribution < -0.4 is 10.6 Å². The fraction of sp³-hybridized carbons (Fsp3) is 0.344. The molecule has 0 bridgehead atoms. The van der Waals surface area contributed by atoms with E-state index in [1.807, 2.05) is 4.90 Å². The molecule has 3 aromatic carbocycles. The first-order chi connectivity index (χ1) is 18.2. The van der Waals surface area contributed by atoms with Crippen molar-refractivity contribution in [3.05, 3.63) is 88.5 Å². The van der Waals surface area contributed by atoms with Gasteiger partial charge in [0.25, 0.3) is 0 Å². The number of amides is 1. The maximum Gasteiger partial charge on any atom is 0.409 e. The van der Waals surface area contributed by atoms with E-state index >= 15 is 0 Å². The Balaban J connectivity index is 1.24. The zero-order valence-electron chi connectivity index (χ0n) is 22.9. The number of carbonyl (C=O) groups is 1. The topological polar surface area (TPSA) is 58.8 Å². The van der Waals surface area contributed by atoms with Gasteiger partial charge in [-0.2, -0.15) is 0 Å². The Bertz CT molecular complexity index is 1360. The first-order valence-corrected chi connectivity index (χ1v) is 17.0. The Morgan fingerprint density at radius 3 is 2.16 bits per heavy atom. The highest BCUT2D eigenvalue weighted by atomic mass is 28.3. The smallest absolute Gasteiger partial charge is 0.409 e. The summed E-state index contributed by atoms with van der Waals surface area (Å²) in [7, 11) is -1.49. The number of carbonyl (C=O) groups excluding carboxylic acids is 1. The molecule has 1 heterocycles. The molecule has 0 atom stereocenters. The maximum atomic E-state index is 13.1.